The van der Waals surface area contributed by atoms with Crippen molar-refractivity contribution in [1.29, 1.82) is 0 Å². The summed E-state index contributed by atoms with van der Waals surface area (Å²) in [6.07, 6.45) is 19.9. The normalized spacial score (nSPS) is 12.0. The molecule has 0 radical (unpaired) electrons. The molecule has 0 bridgehead atoms. The highest BCUT2D eigenvalue weighted by Crippen LogP contribution is 2.52. The van der Waals surface area contributed by atoms with Crippen LogP contribution in [0.1, 0.15) is 113 Å². The largest absolute Gasteiger partial charge is 0.145 e. The summed E-state index contributed by atoms with van der Waals surface area (Å²) in [5.74, 6) is 0. The number of aryl methyl sites for hydroxylation is 6. The summed E-state index contributed by atoms with van der Waals surface area (Å²) in [6.45, 7) is 43.0. The molecule has 1 heterocycles. The van der Waals surface area contributed by atoms with Gasteiger partial charge in [0.1, 0.15) is 0 Å². The second kappa shape index (κ2) is 26.5. The Balaban J connectivity index is 0.000000228. The van der Waals surface area contributed by atoms with E-state index in [1.807, 2.05) is 72.1 Å². The molecule has 0 N–H and O–H groups in total. The van der Waals surface area contributed by atoms with Crippen LogP contribution in [0.5, 0.6) is 0 Å². The van der Waals surface area contributed by atoms with E-state index in [0.717, 1.165) is 12.8 Å². The summed E-state index contributed by atoms with van der Waals surface area (Å²) < 4.78 is 0. The van der Waals surface area contributed by atoms with Crippen molar-refractivity contribution in [3.63, 3.8) is 0 Å². The van der Waals surface area contributed by atoms with Crippen molar-refractivity contribution in [1.82, 2.24) is 0 Å². The van der Waals surface area contributed by atoms with Crippen LogP contribution in [-0.2, 0) is 5.41 Å². The van der Waals surface area contributed by atoms with Gasteiger partial charge in [0.25, 0.3) is 0 Å². The first kappa shape index (κ1) is 53.1. The summed E-state index contributed by atoms with van der Waals surface area (Å²) in [5.41, 5.74) is 21.1. The highest BCUT2D eigenvalue weighted by molar-refractivity contribution is 7.12. The molecule has 0 saturated heterocycles. The third-order valence-electron chi connectivity index (χ3n) is 11.5. The molecule has 1 aliphatic carbocycles. The molecule has 0 amide bonds. The van der Waals surface area contributed by atoms with E-state index < -0.39 is 0 Å². The molecule has 7 rings (SSSR count). The molecule has 0 unspecified atom stereocenters. The highest BCUT2D eigenvalue weighted by Gasteiger charge is 2.37. The van der Waals surface area contributed by atoms with Gasteiger partial charge in [-0.1, -0.05) is 241 Å². The third-order valence-corrected chi connectivity index (χ3v) is 12.5. The number of hydrogen-bond acceptors (Lipinski definition) is 1. The van der Waals surface area contributed by atoms with E-state index in [2.05, 4.69) is 206 Å². The Morgan fingerprint density at radius 1 is 0.600 bits per heavy atom. The van der Waals surface area contributed by atoms with Crippen LogP contribution < -0.4 is 0 Å². The summed E-state index contributed by atoms with van der Waals surface area (Å²) >= 11 is 1.87. The topological polar surface area (TPSA) is 0 Å². The van der Waals surface area contributed by atoms with Crippen molar-refractivity contribution in [2.45, 2.75) is 94.4 Å². The number of fused-ring (bicyclic) bond motifs is 3. The average molecular weight is 875 g/mol. The minimum atomic E-state index is 0.0406. The van der Waals surface area contributed by atoms with E-state index in [4.69, 9.17) is 0 Å². The third kappa shape index (κ3) is 14.6. The quantitative estimate of drug-likeness (QED) is 0.120. The van der Waals surface area contributed by atoms with Crippen molar-refractivity contribution in [3.8, 4) is 22.3 Å². The van der Waals surface area contributed by atoms with Gasteiger partial charge in [-0.25, -0.2) is 0 Å². The van der Waals surface area contributed by atoms with Gasteiger partial charge in [0, 0.05) is 15.2 Å². The maximum atomic E-state index is 4.05. The number of benzene rings is 5. The first-order valence-electron chi connectivity index (χ1n) is 22.8. The van der Waals surface area contributed by atoms with E-state index >= 15 is 0 Å². The Morgan fingerprint density at radius 2 is 1.20 bits per heavy atom. The van der Waals surface area contributed by atoms with Gasteiger partial charge in [-0.15, -0.1) is 11.3 Å². The number of thiophene rings is 1. The van der Waals surface area contributed by atoms with Gasteiger partial charge in [-0.2, -0.15) is 0 Å². The van der Waals surface area contributed by atoms with E-state index in [1.54, 1.807) is 6.08 Å². The zero-order valence-electron chi connectivity index (χ0n) is 41.4. The summed E-state index contributed by atoms with van der Waals surface area (Å²) in [6, 6.07) is 38.4. The molecule has 336 valence electrons. The molecular weight excluding hydrogens is 801 g/mol. The Kier molecular flexibility index (Phi) is 21.6. The van der Waals surface area contributed by atoms with E-state index in [1.165, 1.54) is 98.8 Å². The van der Waals surface area contributed by atoms with Gasteiger partial charge in [-0.3, -0.25) is 0 Å². The predicted octanol–water partition coefficient (Wildman–Crippen LogP) is 19.6. The predicted molar refractivity (Wildman–Crippen MR) is 297 cm³/mol. The van der Waals surface area contributed by atoms with Crippen molar-refractivity contribution < 1.29 is 0 Å². The Hall–Kier alpha value is -6.28. The van der Waals surface area contributed by atoms with Gasteiger partial charge in [0.2, 0.25) is 0 Å². The monoisotopic (exact) mass is 875 g/mol. The molecule has 6 aromatic rings. The molecule has 0 atom stereocenters. The number of hydrogen-bond donors (Lipinski definition) is 0. The molecule has 65 heavy (non-hydrogen) atoms. The van der Waals surface area contributed by atoms with Crippen LogP contribution >= 0.6 is 11.3 Å². The minimum Gasteiger partial charge on any atom is -0.145 e. The SMILES string of the molecule is C=C/C=C(\C=C)CC.C=C/C=C\c1c(C)sc(C)c1/C(C)=C\CC.C=Cc1c(C)cc2c(c1C=C)-c1ccc(C)cc1C2(C)C.Cc1cccc(-c2ccccc2)c1.Cc1ccccc1. The maximum Gasteiger partial charge on any atom is 0.0159 e. The van der Waals surface area contributed by atoms with Crippen LogP contribution in [0.4, 0.5) is 0 Å². The average Bonchev–Trinajstić information content (AvgIpc) is 3.71. The zero-order valence-corrected chi connectivity index (χ0v) is 42.3. The van der Waals surface area contributed by atoms with Crippen LogP contribution in [-0.4, -0.2) is 0 Å². The van der Waals surface area contributed by atoms with Crippen molar-refractivity contribution in [3.05, 3.63) is 250 Å². The molecule has 0 aliphatic heterocycles. The van der Waals surface area contributed by atoms with Crippen molar-refractivity contribution in [2.75, 3.05) is 0 Å². The summed E-state index contributed by atoms with van der Waals surface area (Å²) in [4.78, 5) is 2.79. The lowest BCUT2D eigenvalue weighted by Crippen LogP contribution is -2.15. The smallest absolute Gasteiger partial charge is 0.0159 e. The minimum absolute atomic E-state index is 0.0406. The van der Waals surface area contributed by atoms with Gasteiger partial charge >= 0.3 is 0 Å². The van der Waals surface area contributed by atoms with Crippen LogP contribution in [0.25, 0.3) is 46.1 Å². The second-order valence-corrected chi connectivity index (χ2v) is 18.3. The lowest BCUT2D eigenvalue weighted by Gasteiger charge is -2.23. The first-order chi connectivity index (χ1) is 31.1. The summed E-state index contributed by atoms with van der Waals surface area (Å²) in [7, 11) is 0. The second-order valence-electron chi connectivity index (χ2n) is 16.8. The molecule has 1 heteroatoms. The summed E-state index contributed by atoms with van der Waals surface area (Å²) in [5, 5.41) is 0. The van der Waals surface area contributed by atoms with Crippen LogP contribution in [0.2, 0.25) is 0 Å². The Labute approximate surface area is 399 Å². The number of rotatable bonds is 10. The molecule has 0 nitrogen and oxygen atoms in total. The van der Waals surface area contributed by atoms with Crippen LogP contribution in [0, 0.1) is 41.5 Å². The number of allylic oxidation sites excluding steroid dienone is 8. The Bertz CT molecular complexity index is 2610. The van der Waals surface area contributed by atoms with Crippen LogP contribution in [0.3, 0.4) is 0 Å². The molecule has 1 aliphatic rings. The lowest BCUT2D eigenvalue weighted by atomic mass is 9.80. The van der Waals surface area contributed by atoms with E-state index in [-0.39, 0.29) is 5.41 Å². The molecule has 0 fully saturated rings. The van der Waals surface area contributed by atoms with Gasteiger partial charge in [-0.05, 0) is 134 Å². The maximum absolute atomic E-state index is 4.05. The Morgan fingerprint density at radius 3 is 1.71 bits per heavy atom. The molecule has 1 aromatic heterocycles. The molecule has 5 aromatic carbocycles. The fraction of sp³-hybridized carbons (Fsp3) is 0.219. The van der Waals surface area contributed by atoms with Crippen molar-refractivity contribution >= 4 is 35.1 Å². The molecule has 0 spiro atoms. The lowest BCUT2D eigenvalue weighted by molar-refractivity contribution is 0.659. The van der Waals surface area contributed by atoms with E-state index in [9.17, 15) is 0 Å². The van der Waals surface area contributed by atoms with E-state index in [0.29, 0.717) is 0 Å². The fourth-order valence-electron chi connectivity index (χ4n) is 8.10. The first-order valence-corrected chi connectivity index (χ1v) is 23.6. The fourth-order valence-corrected chi connectivity index (χ4v) is 9.21. The van der Waals surface area contributed by atoms with Crippen LogP contribution in [0.15, 0.2) is 184 Å². The van der Waals surface area contributed by atoms with Gasteiger partial charge < -0.3 is 0 Å². The van der Waals surface area contributed by atoms with Gasteiger partial charge in [0.15, 0.2) is 0 Å². The molecular formula is C64H74S. The highest BCUT2D eigenvalue weighted by atomic mass is 32.1. The van der Waals surface area contributed by atoms with Gasteiger partial charge in [0.05, 0.1) is 0 Å². The zero-order chi connectivity index (χ0) is 48.1. The molecule has 0 saturated carbocycles. The van der Waals surface area contributed by atoms with Crippen molar-refractivity contribution in [2.24, 2.45) is 0 Å². The standard InChI is InChI=1S/C21H22.C15H20S.C13H12.C8H12.C7H8/c1-7-15-14(4)12-19-20(16(15)8-2)17-10-9-13(3)11-18(17)21(19,5)6;1-6-8-10-14-12(4)16-13(5)15(14)11(3)9-7-2;1-11-6-5-9-13(10-11)12-7-3-2-4-8-12;1-4-7-8(5-2)6-3;1-7-5-3-2-4-6-7/h7-12H,1-2H2,3-6H3;6,8-10H,1,7H2,2-5H3;2-10H,1H3;4-5,7H,1-2,6H2,3H3;2-6H,1H3/b;10-8-,11-9-;;8-7+;.